The third kappa shape index (κ3) is 3.53. The van der Waals surface area contributed by atoms with Gasteiger partial charge in [0.2, 0.25) is 5.91 Å². The molecule has 2 rings (SSSR count). The molecule has 2 heterocycles. The van der Waals surface area contributed by atoms with E-state index in [4.69, 9.17) is 0 Å². The van der Waals surface area contributed by atoms with Crippen molar-refractivity contribution in [1.82, 2.24) is 9.88 Å². The molecular weight excluding hydrogens is 266 g/mol. The molecule has 1 saturated heterocycles. The van der Waals surface area contributed by atoms with Gasteiger partial charge < -0.3 is 15.2 Å². The largest absolute Gasteiger partial charge is 0.324 e. The normalized spacial score (nSPS) is 21.4. The summed E-state index contributed by atoms with van der Waals surface area (Å²) in [5.41, 5.74) is 0.372. The Morgan fingerprint density at radius 3 is 2.81 bits per heavy atom. The minimum absolute atomic E-state index is 0.0272. The molecule has 116 valence electrons. The molecule has 1 fully saturated rings. The fourth-order valence-corrected chi connectivity index (χ4v) is 3.03. The molecule has 1 unspecified atom stereocenters. The Bertz CT molecular complexity index is 545. The lowest BCUT2D eigenvalue weighted by Gasteiger charge is -2.26. The van der Waals surface area contributed by atoms with Crippen LogP contribution in [0, 0.1) is 5.41 Å². The SMILES string of the molecule is CCCn1cc(NC(=O)C2(CCC)CCNC2)ccc1=O. The van der Waals surface area contributed by atoms with E-state index in [0.717, 1.165) is 38.8 Å². The molecule has 5 heteroatoms. The van der Waals surface area contributed by atoms with Crippen molar-refractivity contribution in [3.8, 4) is 0 Å². The highest BCUT2D eigenvalue weighted by Crippen LogP contribution is 2.32. The Kier molecular flexibility index (Phi) is 5.17. The maximum Gasteiger partial charge on any atom is 0.250 e. The molecule has 21 heavy (non-hydrogen) atoms. The summed E-state index contributed by atoms with van der Waals surface area (Å²) in [6, 6.07) is 3.21. The van der Waals surface area contributed by atoms with Crippen LogP contribution < -0.4 is 16.2 Å². The van der Waals surface area contributed by atoms with Crippen LogP contribution in [0.4, 0.5) is 5.69 Å². The molecule has 1 aromatic rings. The molecule has 1 atom stereocenters. The Hall–Kier alpha value is -1.62. The molecule has 0 bridgehead atoms. The van der Waals surface area contributed by atoms with Crippen molar-refractivity contribution >= 4 is 11.6 Å². The maximum atomic E-state index is 12.6. The number of aromatic nitrogens is 1. The topological polar surface area (TPSA) is 63.1 Å². The molecule has 0 radical (unpaired) electrons. The van der Waals surface area contributed by atoms with E-state index < -0.39 is 0 Å². The predicted molar refractivity (Wildman–Crippen MR) is 84.5 cm³/mol. The van der Waals surface area contributed by atoms with Crippen LogP contribution >= 0.6 is 0 Å². The average Bonchev–Trinajstić information content (AvgIpc) is 2.93. The van der Waals surface area contributed by atoms with Gasteiger partial charge in [0.15, 0.2) is 0 Å². The van der Waals surface area contributed by atoms with Gasteiger partial charge in [0, 0.05) is 25.4 Å². The lowest BCUT2D eigenvalue weighted by atomic mass is 9.81. The summed E-state index contributed by atoms with van der Waals surface area (Å²) in [7, 11) is 0. The van der Waals surface area contributed by atoms with Gasteiger partial charge in [-0.25, -0.2) is 0 Å². The summed E-state index contributed by atoms with van der Waals surface area (Å²) in [5.74, 6) is 0.0658. The molecule has 1 aliphatic heterocycles. The number of amides is 1. The highest BCUT2D eigenvalue weighted by molar-refractivity contribution is 5.95. The Morgan fingerprint density at radius 1 is 1.38 bits per heavy atom. The zero-order valence-electron chi connectivity index (χ0n) is 12.9. The molecule has 0 aliphatic carbocycles. The predicted octanol–water partition coefficient (Wildman–Crippen LogP) is 1.98. The molecule has 5 nitrogen and oxygen atoms in total. The number of hydrogen-bond donors (Lipinski definition) is 2. The highest BCUT2D eigenvalue weighted by Gasteiger charge is 2.40. The van der Waals surface area contributed by atoms with Crippen LogP contribution in [0.2, 0.25) is 0 Å². The first-order valence-corrected chi connectivity index (χ1v) is 7.84. The van der Waals surface area contributed by atoms with Gasteiger partial charge >= 0.3 is 0 Å². The number of aryl methyl sites for hydroxylation is 1. The maximum absolute atomic E-state index is 12.6. The number of nitrogens with zero attached hydrogens (tertiary/aromatic N) is 1. The third-order valence-corrected chi connectivity index (χ3v) is 4.16. The number of anilines is 1. The average molecular weight is 291 g/mol. The van der Waals surface area contributed by atoms with Crippen molar-refractivity contribution in [3.05, 3.63) is 28.7 Å². The summed E-state index contributed by atoms with van der Waals surface area (Å²) < 4.78 is 1.65. The Morgan fingerprint density at radius 2 is 2.19 bits per heavy atom. The van der Waals surface area contributed by atoms with E-state index in [1.54, 1.807) is 16.8 Å². The van der Waals surface area contributed by atoms with Crippen molar-refractivity contribution in [3.63, 3.8) is 0 Å². The van der Waals surface area contributed by atoms with Crippen LogP contribution in [0.3, 0.4) is 0 Å². The summed E-state index contributed by atoms with van der Waals surface area (Å²) in [6.07, 6.45) is 5.39. The smallest absolute Gasteiger partial charge is 0.250 e. The van der Waals surface area contributed by atoms with Crippen LogP contribution in [0.25, 0.3) is 0 Å². The fourth-order valence-electron chi connectivity index (χ4n) is 3.03. The number of carbonyl (C=O) groups is 1. The standard InChI is InChI=1S/C16H25N3O2/c1-3-7-16(8-9-17-12-16)15(21)18-13-5-6-14(20)19(11-13)10-4-2/h5-6,11,17H,3-4,7-10,12H2,1-2H3,(H,18,21). The van der Waals surface area contributed by atoms with Gasteiger partial charge in [-0.05, 0) is 31.9 Å². The van der Waals surface area contributed by atoms with Gasteiger partial charge in [-0.2, -0.15) is 0 Å². The second-order valence-electron chi connectivity index (χ2n) is 5.86. The number of rotatable bonds is 6. The molecule has 0 saturated carbocycles. The first-order chi connectivity index (χ1) is 10.1. The number of pyridine rings is 1. The summed E-state index contributed by atoms with van der Waals surface area (Å²) >= 11 is 0. The van der Waals surface area contributed by atoms with E-state index in [1.165, 1.54) is 6.07 Å². The van der Waals surface area contributed by atoms with E-state index in [-0.39, 0.29) is 16.9 Å². The quantitative estimate of drug-likeness (QED) is 0.842. The van der Waals surface area contributed by atoms with Gasteiger partial charge in [0.25, 0.3) is 5.56 Å². The Labute approximate surface area is 125 Å². The van der Waals surface area contributed by atoms with Crippen LogP contribution in [-0.2, 0) is 11.3 Å². The van der Waals surface area contributed by atoms with Gasteiger partial charge in [0.1, 0.15) is 0 Å². The second kappa shape index (κ2) is 6.89. The fraction of sp³-hybridized carbons (Fsp3) is 0.625. The van der Waals surface area contributed by atoms with Crippen molar-refractivity contribution in [2.24, 2.45) is 5.41 Å². The lowest BCUT2D eigenvalue weighted by molar-refractivity contribution is -0.125. The molecular formula is C16H25N3O2. The Balaban J connectivity index is 2.15. The summed E-state index contributed by atoms with van der Waals surface area (Å²) in [5, 5.41) is 6.29. The summed E-state index contributed by atoms with van der Waals surface area (Å²) in [6.45, 7) is 6.43. The van der Waals surface area contributed by atoms with Gasteiger partial charge in [-0.15, -0.1) is 0 Å². The van der Waals surface area contributed by atoms with E-state index in [9.17, 15) is 9.59 Å². The van der Waals surface area contributed by atoms with Crippen molar-refractivity contribution in [2.75, 3.05) is 18.4 Å². The van der Waals surface area contributed by atoms with E-state index in [1.807, 2.05) is 6.92 Å². The molecule has 1 aromatic heterocycles. The second-order valence-corrected chi connectivity index (χ2v) is 5.86. The van der Waals surface area contributed by atoms with Gasteiger partial charge in [0.05, 0.1) is 11.1 Å². The number of hydrogen-bond acceptors (Lipinski definition) is 3. The van der Waals surface area contributed by atoms with E-state index in [2.05, 4.69) is 17.6 Å². The monoisotopic (exact) mass is 291 g/mol. The first kappa shape index (κ1) is 15.8. The third-order valence-electron chi connectivity index (χ3n) is 4.16. The van der Waals surface area contributed by atoms with Crippen LogP contribution in [0.1, 0.15) is 39.5 Å². The van der Waals surface area contributed by atoms with Crippen molar-refractivity contribution < 1.29 is 4.79 Å². The zero-order chi connectivity index (χ0) is 15.3. The minimum atomic E-state index is -0.305. The van der Waals surface area contributed by atoms with Crippen LogP contribution in [0.5, 0.6) is 0 Å². The van der Waals surface area contributed by atoms with Crippen LogP contribution in [-0.4, -0.2) is 23.6 Å². The van der Waals surface area contributed by atoms with E-state index >= 15 is 0 Å². The molecule has 1 amide bonds. The zero-order valence-corrected chi connectivity index (χ0v) is 12.9. The van der Waals surface area contributed by atoms with Gasteiger partial charge in [-0.3, -0.25) is 9.59 Å². The number of carbonyl (C=O) groups excluding carboxylic acids is 1. The van der Waals surface area contributed by atoms with Gasteiger partial charge in [-0.1, -0.05) is 20.3 Å². The van der Waals surface area contributed by atoms with E-state index in [0.29, 0.717) is 12.2 Å². The summed E-state index contributed by atoms with van der Waals surface area (Å²) in [4.78, 5) is 24.4. The molecule has 1 aliphatic rings. The minimum Gasteiger partial charge on any atom is -0.324 e. The van der Waals surface area contributed by atoms with Crippen molar-refractivity contribution in [2.45, 2.75) is 46.1 Å². The van der Waals surface area contributed by atoms with Crippen LogP contribution in [0.15, 0.2) is 23.1 Å². The first-order valence-electron chi connectivity index (χ1n) is 7.84. The highest BCUT2D eigenvalue weighted by atomic mass is 16.2. The molecule has 0 spiro atoms. The molecule has 2 N–H and O–H groups in total. The van der Waals surface area contributed by atoms with Crippen molar-refractivity contribution in [1.29, 1.82) is 0 Å². The molecule has 0 aromatic carbocycles. The lowest BCUT2D eigenvalue weighted by Crippen LogP contribution is -2.38. The number of nitrogens with one attached hydrogen (secondary N) is 2.